The topological polar surface area (TPSA) is 68.0 Å². The number of anilines is 1. The molecule has 1 aromatic rings. The number of hydrogen-bond acceptors (Lipinski definition) is 3. The minimum Gasteiger partial charge on any atom is -0.366 e. The summed E-state index contributed by atoms with van der Waals surface area (Å²) in [5, 5.41) is 3.05. The molecule has 1 amide bonds. The largest absolute Gasteiger partial charge is 0.366 e. The van der Waals surface area contributed by atoms with Gasteiger partial charge in [0.05, 0.1) is 0 Å². The molecule has 1 aliphatic heterocycles. The predicted molar refractivity (Wildman–Crippen MR) is 58.2 cm³/mol. The quantitative estimate of drug-likeness (QED) is 0.719. The van der Waals surface area contributed by atoms with Crippen molar-refractivity contribution < 1.29 is 4.79 Å². The van der Waals surface area contributed by atoms with E-state index in [0.29, 0.717) is 5.57 Å². The van der Waals surface area contributed by atoms with Gasteiger partial charge >= 0.3 is 0 Å². The number of nitrogens with zero attached hydrogens (tertiary/aromatic N) is 1. The van der Waals surface area contributed by atoms with Crippen LogP contribution in [0.2, 0.25) is 0 Å². The fraction of sp³-hybridized carbons (Fsp3) is 0.273. The summed E-state index contributed by atoms with van der Waals surface area (Å²) in [6.07, 6.45) is 5.15. The van der Waals surface area contributed by atoms with Gasteiger partial charge in [0, 0.05) is 40.8 Å². The lowest BCUT2D eigenvalue weighted by Crippen LogP contribution is -2.34. The lowest BCUT2D eigenvalue weighted by molar-refractivity contribution is -0.115. The van der Waals surface area contributed by atoms with Crippen molar-refractivity contribution in [3.8, 4) is 0 Å². The van der Waals surface area contributed by atoms with Gasteiger partial charge in [-0.2, -0.15) is 0 Å². The summed E-state index contributed by atoms with van der Waals surface area (Å²) in [6, 6.07) is 1.88. The standard InChI is InChI=1S/C11H13N3O/c1-11(2)7-5-13-4-3-9(7)14-6-8(11)10(12)15/h3-6,14H,1-2H3,(H2,12,15). The fourth-order valence-electron chi connectivity index (χ4n) is 1.87. The van der Waals surface area contributed by atoms with Crippen LogP contribution in [-0.4, -0.2) is 10.9 Å². The summed E-state index contributed by atoms with van der Waals surface area (Å²) >= 11 is 0. The third kappa shape index (κ3) is 1.38. The molecule has 78 valence electrons. The van der Waals surface area contributed by atoms with E-state index in [2.05, 4.69) is 10.3 Å². The number of rotatable bonds is 1. The minimum atomic E-state index is -0.401. The number of hydrogen-bond donors (Lipinski definition) is 2. The van der Waals surface area contributed by atoms with Crippen molar-refractivity contribution in [2.24, 2.45) is 5.73 Å². The molecular formula is C11H13N3O. The molecule has 0 radical (unpaired) electrons. The first kappa shape index (κ1) is 9.71. The Balaban J connectivity index is 2.57. The van der Waals surface area contributed by atoms with Crippen molar-refractivity contribution in [3.63, 3.8) is 0 Å². The summed E-state index contributed by atoms with van der Waals surface area (Å²) in [7, 11) is 0. The van der Waals surface area contributed by atoms with Crippen LogP contribution >= 0.6 is 0 Å². The van der Waals surface area contributed by atoms with E-state index < -0.39 is 5.91 Å². The summed E-state index contributed by atoms with van der Waals surface area (Å²) in [5.74, 6) is -0.401. The van der Waals surface area contributed by atoms with Gasteiger partial charge in [-0.15, -0.1) is 0 Å². The Kier molecular flexibility index (Phi) is 2.00. The minimum absolute atomic E-state index is 0.388. The zero-order valence-electron chi connectivity index (χ0n) is 8.74. The van der Waals surface area contributed by atoms with Crippen molar-refractivity contribution in [1.29, 1.82) is 0 Å². The number of fused-ring (bicyclic) bond motifs is 1. The Morgan fingerprint density at radius 3 is 2.93 bits per heavy atom. The average molecular weight is 203 g/mol. The summed E-state index contributed by atoms with van der Waals surface area (Å²) < 4.78 is 0. The van der Waals surface area contributed by atoms with Crippen molar-refractivity contribution in [2.75, 3.05) is 5.32 Å². The first-order valence-electron chi connectivity index (χ1n) is 4.75. The van der Waals surface area contributed by atoms with Gasteiger partial charge in [0.1, 0.15) is 0 Å². The summed E-state index contributed by atoms with van der Waals surface area (Å²) in [4.78, 5) is 15.3. The molecule has 0 saturated heterocycles. The first-order chi connectivity index (χ1) is 7.03. The van der Waals surface area contributed by atoms with Crippen molar-refractivity contribution in [2.45, 2.75) is 19.3 Å². The number of nitrogens with two attached hydrogens (primary N) is 1. The second-order valence-electron chi connectivity index (χ2n) is 4.11. The molecule has 3 N–H and O–H groups in total. The van der Waals surface area contributed by atoms with Crippen LogP contribution in [0.4, 0.5) is 5.69 Å². The lowest BCUT2D eigenvalue weighted by atomic mass is 9.76. The van der Waals surface area contributed by atoms with Gasteiger partial charge in [0.15, 0.2) is 0 Å². The van der Waals surface area contributed by atoms with E-state index in [1.165, 1.54) is 0 Å². The van der Waals surface area contributed by atoms with E-state index in [-0.39, 0.29) is 5.41 Å². The third-order valence-corrected chi connectivity index (χ3v) is 2.81. The molecule has 15 heavy (non-hydrogen) atoms. The molecule has 0 saturated carbocycles. The van der Waals surface area contributed by atoms with Gasteiger partial charge in [0.25, 0.3) is 0 Å². The van der Waals surface area contributed by atoms with Crippen LogP contribution in [0, 0.1) is 0 Å². The zero-order chi connectivity index (χ0) is 11.1. The molecule has 0 aliphatic carbocycles. The van der Waals surface area contributed by atoms with Gasteiger partial charge < -0.3 is 11.1 Å². The molecule has 0 spiro atoms. The highest BCUT2D eigenvalue weighted by Gasteiger charge is 2.34. The van der Waals surface area contributed by atoms with Gasteiger partial charge in [-0.05, 0) is 6.07 Å². The highest BCUT2D eigenvalue weighted by Crippen LogP contribution is 2.38. The Labute approximate surface area is 88.2 Å². The van der Waals surface area contributed by atoms with Crippen LogP contribution in [0.25, 0.3) is 0 Å². The van der Waals surface area contributed by atoms with Crippen LogP contribution in [0.5, 0.6) is 0 Å². The monoisotopic (exact) mass is 203 g/mol. The molecule has 0 aromatic carbocycles. The predicted octanol–water partition coefficient (Wildman–Crippen LogP) is 1.15. The second kappa shape index (κ2) is 3.08. The molecule has 1 aromatic heterocycles. The Bertz CT molecular complexity index is 449. The maximum Gasteiger partial charge on any atom is 0.246 e. The first-order valence-corrected chi connectivity index (χ1v) is 4.75. The number of carbonyl (C=O) groups excluding carboxylic acids is 1. The van der Waals surface area contributed by atoms with Gasteiger partial charge in [0.2, 0.25) is 5.91 Å². The number of aromatic nitrogens is 1. The van der Waals surface area contributed by atoms with Crippen LogP contribution in [0.15, 0.2) is 30.2 Å². The van der Waals surface area contributed by atoms with E-state index in [1.54, 1.807) is 18.6 Å². The SMILES string of the molecule is CC1(C)C(C(N)=O)=CNc2ccncc21. The zero-order valence-corrected chi connectivity index (χ0v) is 8.74. The Hall–Kier alpha value is -1.84. The Morgan fingerprint density at radius 2 is 2.27 bits per heavy atom. The van der Waals surface area contributed by atoms with E-state index >= 15 is 0 Å². The molecule has 1 aliphatic rings. The molecule has 4 heteroatoms. The number of primary amides is 1. The Morgan fingerprint density at radius 1 is 1.53 bits per heavy atom. The summed E-state index contributed by atoms with van der Waals surface area (Å²) in [5.41, 5.74) is 7.48. The maximum absolute atomic E-state index is 11.3. The normalized spacial score (nSPS) is 17.3. The van der Waals surface area contributed by atoms with E-state index in [9.17, 15) is 4.79 Å². The lowest BCUT2D eigenvalue weighted by Gasteiger charge is -2.32. The molecule has 0 atom stereocenters. The van der Waals surface area contributed by atoms with E-state index in [0.717, 1.165) is 11.3 Å². The molecule has 0 unspecified atom stereocenters. The van der Waals surface area contributed by atoms with Crippen LogP contribution in [0.1, 0.15) is 19.4 Å². The molecule has 0 fully saturated rings. The highest BCUT2D eigenvalue weighted by atomic mass is 16.1. The van der Waals surface area contributed by atoms with E-state index in [1.807, 2.05) is 19.9 Å². The van der Waals surface area contributed by atoms with Crippen molar-refractivity contribution >= 4 is 11.6 Å². The third-order valence-electron chi connectivity index (χ3n) is 2.81. The highest BCUT2D eigenvalue weighted by molar-refractivity contribution is 5.96. The van der Waals surface area contributed by atoms with Crippen molar-refractivity contribution in [1.82, 2.24) is 4.98 Å². The van der Waals surface area contributed by atoms with Crippen LogP contribution < -0.4 is 11.1 Å². The maximum atomic E-state index is 11.3. The molecule has 4 nitrogen and oxygen atoms in total. The average Bonchev–Trinajstić information content (AvgIpc) is 2.17. The number of pyridine rings is 1. The van der Waals surface area contributed by atoms with Gasteiger partial charge in [-0.1, -0.05) is 13.8 Å². The summed E-state index contributed by atoms with van der Waals surface area (Å²) in [6.45, 7) is 3.93. The molecule has 2 heterocycles. The van der Waals surface area contributed by atoms with Crippen molar-refractivity contribution in [3.05, 3.63) is 35.8 Å². The molecule has 0 bridgehead atoms. The second-order valence-corrected chi connectivity index (χ2v) is 4.11. The number of nitrogens with one attached hydrogen (secondary N) is 1. The number of amides is 1. The van der Waals surface area contributed by atoms with Gasteiger partial charge in [-0.3, -0.25) is 9.78 Å². The van der Waals surface area contributed by atoms with Crippen LogP contribution in [-0.2, 0) is 10.2 Å². The van der Waals surface area contributed by atoms with Crippen LogP contribution in [0.3, 0.4) is 0 Å². The fourth-order valence-corrected chi connectivity index (χ4v) is 1.87. The van der Waals surface area contributed by atoms with Gasteiger partial charge in [-0.25, -0.2) is 0 Å². The molecular weight excluding hydrogens is 190 g/mol. The van der Waals surface area contributed by atoms with E-state index in [4.69, 9.17) is 5.73 Å². The molecule has 2 rings (SSSR count). The smallest absolute Gasteiger partial charge is 0.246 e. The number of carbonyl (C=O) groups is 1.